The summed E-state index contributed by atoms with van der Waals surface area (Å²) in [5.41, 5.74) is 1.38. The van der Waals surface area contributed by atoms with Crippen LogP contribution < -0.4 is 9.47 Å². The zero-order valence-corrected chi connectivity index (χ0v) is 8.02. The minimum absolute atomic E-state index is 0.378. The van der Waals surface area contributed by atoms with Crippen molar-refractivity contribution in [3.8, 4) is 5.75 Å². The standard InChI is InChI=1S/C9H11NO4/c1-6-3-10(13)4-7(2)9(6)14-5-8(11)12/h3-4H,5H2,1-2H3,(H-,11,12,13)/p+1. The van der Waals surface area contributed by atoms with Crippen LogP contribution in [0.1, 0.15) is 11.1 Å². The van der Waals surface area contributed by atoms with Gasteiger partial charge < -0.3 is 9.84 Å². The van der Waals surface area contributed by atoms with Gasteiger partial charge in [0.25, 0.3) is 0 Å². The van der Waals surface area contributed by atoms with Crippen molar-refractivity contribution in [1.29, 1.82) is 0 Å². The van der Waals surface area contributed by atoms with E-state index in [0.29, 0.717) is 16.9 Å². The Kier molecular flexibility index (Phi) is 2.91. The Bertz CT molecular complexity index is 339. The summed E-state index contributed by atoms with van der Waals surface area (Å²) in [5.74, 6) is -0.526. The highest BCUT2D eigenvalue weighted by atomic mass is 16.5. The molecular weight excluding hydrogens is 186 g/mol. The number of aliphatic carboxylic acids is 1. The Morgan fingerprint density at radius 2 is 1.93 bits per heavy atom. The number of nitrogens with zero attached hydrogens (tertiary/aromatic N) is 1. The van der Waals surface area contributed by atoms with Gasteiger partial charge in [-0.25, -0.2) is 4.79 Å². The molecule has 1 rings (SSSR count). The van der Waals surface area contributed by atoms with Crippen molar-refractivity contribution >= 4 is 5.97 Å². The predicted octanol–water partition coefficient (Wildman–Crippen LogP) is 0.292. The molecule has 0 aliphatic rings. The highest BCUT2D eigenvalue weighted by molar-refractivity contribution is 5.68. The van der Waals surface area contributed by atoms with E-state index < -0.39 is 5.97 Å². The lowest BCUT2D eigenvalue weighted by atomic mass is 10.2. The lowest BCUT2D eigenvalue weighted by Crippen LogP contribution is -2.30. The molecular formula is C9H12NO4+. The van der Waals surface area contributed by atoms with E-state index in [4.69, 9.17) is 15.1 Å². The Morgan fingerprint density at radius 3 is 2.36 bits per heavy atom. The fourth-order valence-electron chi connectivity index (χ4n) is 1.22. The van der Waals surface area contributed by atoms with Crippen molar-refractivity contribution in [2.45, 2.75) is 13.8 Å². The molecule has 0 aliphatic heterocycles. The average molecular weight is 198 g/mol. The first-order chi connectivity index (χ1) is 6.50. The SMILES string of the molecule is Cc1c[n+](O)cc(C)c1OCC(=O)O. The first-order valence-corrected chi connectivity index (χ1v) is 4.07. The molecule has 0 atom stereocenters. The van der Waals surface area contributed by atoms with Gasteiger partial charge in [0, 0.05) is 4.73 Å². The molecule has 0 aliphatic carbocycles. The van der Waals surface area contributed by atoms with E-state index >= 15 is 0 Å². The van der Waals surface area contributed by atoms with Crippen LogP contribution in [0.5, 0.6) is 5.75 Å². The van der Waals surface area contributed by atoms with Crippen molar-refractivity contribution in [3.63, 3.8) is 0 Å². The lowest BCUT2D eigenvalue weighted by Gasteiger charge is -2.06. The maximum absolute atomic E-state index is 10.3. The molecule has 0 fully saturated rings. The van der Waals surface area contributed by atoms with Crippen LogP contribution in [-0.4, -0.2) is 22.9 Å². The summed E-state index contributed by atoms with van der Waals surface area (Å²) in [6, 6.07) is 0. The fraction of sp³-hybridized carbons (Fsp3) is 0.333. The van der Waals surface area contributed by atoms with E-state index in [1.54, 1.807) is 13.8 Å². The second-order valence-electron chi connectivity index (χ2n) is 3.02. The Morgan fingerprint density at radius 1 is 1.43 bits per heavy atom. The first-order valence-electron chi connectivity index (χ1n) is 4.07. The molecule has 0 radical (unpaired) electrons. The second kappa shape index (κ2) is 3.95. The first kappa shape index (κ1) is 10.3. The summed E-state index contributed by atoms with van der Waals surface area (Å²) in [6.45, 7) is 3.09. The maximum atomic E-state index is 10.3. The molecule has 0 saturated heterocycles. The predicted molar refractivity (Wildman–Crippen MR) is 46.4 cm³/mol. The van der Waals surface area contributed by atoms with Crippen LogP contribution in [0.3, 0.4) is 0 Å². The third-order valence-corrected chi connectivity index (χ3v) is 1.71. The molecule has 1 aromatic heterocycles. The summed E-state index contributed by atoms with van der Waals surface area (Å²) in [5, 5.41) is 17.6. The molecule has 76 valence electrons. The summed E-state index contributed by atoms with van der Waals surface area (Å²) in [7, 11) is 0. The van der Waals surface area contributed by atoms with Crippen molar-refractivity contribution in [3.05, 3.63) is 23.5 Å². The van der Waals surface area contributed by atoms with E-state index in [9.17, 15) is 4.79 Å². The molecule has 0 amide bonds. The summed E-state index contributed by atoms with van der Waals surface area (Å²) in [6.07, 6.45) is 2.90. The zero-order valence-electron chi connectivity index (χ0n) is 8.02. The third kappa shape index (κ3) is 2.35. The lowest BCUT2D eigenvalue weighted by molar-refractivity contribution is -0.905. The Labute approximate surface area is 81.1 Å². The smallest absolute Gasteiger partial charge is 0.341 e. The van der Waals surface area contributed by atoms with Crippen LogP contribution >= 0.6 is 0 Å². The van der Waals surface area contributed by atoms with Gasteiger partial charge in [-0.1, -0.05) is 0 Å². The molecule has 5 nitrogen and oxygen atoms in total. The summed E-state index contributed by atoms with van der Waals surface area (Å²) in [4.78, 5) is 10.3. The molecule has 1 heterocycles. The van der Waals surface area contributed by atoms with E-state index in [1.165, 1.54) is 12.4 Å². The number of ether oxygens (including phenoxy) is 1. The maximum Gasteiger partial charge on any atom is 0.341 e. The highest BCUT2D eigenvalue weighted by Crippen LogP contribution is 2.19. The molecule has 0 saturated carbocycles. The minimum Gasteiger partial charge on any atom is -0.481 e. The van der Waals surface area contributed by atoms with Crippen molar-refractivity contribution in [2.24, 2.45) is 0 Å². The number of hydrogen-bond acceptors (Lipinski definition) is 3. The molecule has 0 unspecified atom stereocenters. The Hall–Kier alpha value is -1.78. The van der Waals surface area contributed by atoms with Gasteiger partial charge in [0.15, 0.2) is 6.61 Å². The summed E-state index contributed by atoms with van der Waals surface area (Å²) >= 11 is 0. The van der Waals surface area contributed by atoms with E-state index in [-0.39, 0.29) is 6.61 Å². The molecule has 2 N–H and O–H groups in total. The van der Waals surface area contributed by atoms with E-state index in [1.807, 2.05) is 0 Å². The van der Waals surface area contributed by atoms with Crippen LogP contribution in [0.25, 0.3) is 0 Å². The normalized spacial score (nSPS) is 9.86. The van der Waals surface area contributed by atoms with Crippen LogP contribution in [0.15, 0.2) is 12.4 Å². The molecule has 0 spiro atoms. The van der Waals surface area contributed by atoms with Crippen molar-refractivity contribution in [1.82, 2.24) is 0 Å². The number of rotatable bonds is 3. The summed E-state index contributed by atoms with van der Waals surface area (Å²) < 4.78 is 5.97. The van der Waals surface area contributed by atoms with Crippen LogP contribution in [0, 0.1) is 13.8 Å². The van der Waals surface area contributed by atoms with Gasteiger partial charge in [0.05, 0.1) is 11.1 Å². The van der Waals surface area contributed by atoms with Gasteiger partial charge in [-0.3, -0.25) is 5.21 Å². The number of aromatic nitrogens is 1. The van der Waals surface area contributed by atoms with Crippen molar-refractivity contribution in [2.75, 3.05) is 6.61 Å². The van der Waals surface area contributed by atoms with Gasteiger partial charge in [0.2, 0.25) is 12.4 Å². The largest absolute Gasteiger partial charge is 0.481 e. The fourth-order valence-corrected chi connectivity index (χ4v) is 1.22. The number of pyridine rings is 1. The average Bonchev–Trinajstić information content (AvgIpc) is 2.01. The topological polar surface area (TPSA) is 70.6 Å². The van der Waals surface area contributed by atoms with Crippen LogP contribution in [0.2, 0.25) is 0 Å². The number of aryl methyl sites for hydroxylation is 2. The van der Waals surface area contributed by atoms with Gasteiger partial charge in [-0.05, 0) is 13.8 Å². The molecule has 1 aromatic rings. The number of carbonyl (C=O) groups is 1. The second-order valence-corrected chi connectivity index (χ2v) is 3.02. The van der Waals surface area contributed by atoms with E-state index in [0.717, 1.165) is 4.73 Å². The van der Waals surface area contributed by atoms with Gasteiger partial charge in [-0.15, -0.1) is 0 Å². The molecule has 14 heavy (non-hydrogen) atoms. The van der Waals surface area contributed by atoms with E-state index in [2.05, 4.69) is 0 Å². The third-order valence-electron chi connectivity index (χ3n) is 1.71. The molecule has 0 aromatic carbocycles. The quantitative estimate of drug-likeness (QED) is 0.541. The Balaban J connectivity index is 2.91. The van der Waals surface area contributed by atoms with Gasteiger partial charge in [-0.2, -0.15) is 0 Å². The minimum atomic E-state index is -1.02. The molecule has 5 heteroatoms. The number of carboxylic acids is 1. The van der Waals surface area contributed by atoms with Crippen LogP contribution in [-0.2, 0) is 4.79 Å². The number of carboxylic acid groups (broad SMARTS) is 1. The van der Waals surface area contributed by atoms with Crippen LogP contribution in [0.4, 0.5) is 0 Å². The van der Waals surface area contributed by atoms with Crippen molar-refractivity contribution < 1.29 is 24.6 Å². The number of hydrogen-bond donors (Lipinski definition) is 2. The molecule has 0 bridgehead atoms. The zero-order chi connectivity index (χ0) is 10.7. The highest BCUT2D eigenvalue weighted by Gasteiger charge is 2.12. The van der Waals surface area contributed by atoms with Gasteiger partial charge in [0.1, 0.15) is 5.75 Å². The van der Waals surface area contributed by atoms with Gasteiger partial charge >= 0.3 is 5.97 Å². The monoisotopic (exact) mass is 198 g/mol.